The van der Waals surface area contributed by atoms with Gasteiger partial charge in [0, 0.05) is 6.42 Å². The van der Waals surface area contributed by atoms with Crippen LogP contribution in [0.4, 0.5) is 0 Å². The maximum atomic E-state index is 9.43. The van der Waals surface area contributed by atoms with Gasteiger partial charge in [0.05, 0.1) is 5.76 Å². The van der Waals surface area contributed by atoms with E-state index in [0.29, 0.717) is 5.76 Å². The number of unbranched alkanes of at least 4 members (excludes halogenated alkanes) is 4. The number of hydrogen-bond donors (Lipinski definition) is 1. The first-order chi connectivity index (χ1) is 5.84. The summed E-state index contributed by atoms with van der Waals surface area (Å²) in [5.41, 5.74) is 1.31. The van der Waals surface area contributed by atoms with Crippen molar-refractivity contribution in [2.75, 3.05) is 0 Å². The van der Waals surface area contributed by atoms with Gasteiger partial charge in [0.2, 0.25) is 0 Å². The van der Waals surface area contributed by atoms with Crippen molar-refractivity contribution in [1.29, 1.82) is 0 Å². The van der Waals surface area contributed by atoms with Gasteiger partial charge < -0.3 is 5.11 Å². The fourth-order valence-electron chi connectivity index (χ4n) is 1.42. The molecule has 12 heavy (non-hydrogen) atoms. The second-order valence-corrected chi connectivity index (χ2v) is 3.71. The lowest BCUT2D eigenvalue weighted by atomic mass is 10.1. The van der Waals surface area contributed by atoms with Crippen LogP contribution in [0.1, 0.15) is 58.3 Å². The van der Waals surface area contributed by atoms with Crippen molar-refractivity contribution in [3.05, 3.63) is 11.3 Å². The first-order valence-electron chi connectivity index (χ1n) is 5.24. The maximum Gasteiger partial charge on any atom is 0.0914 e. The van der Waals surface area contributed by atoms with Crippen molar-refractivity contribution in [2.45, 2.75) is 58.3 Å². The van der Waals surface area contributed by atoms with E-state index in [0.717, 1.165) is 19.3 Å². The molecule has 0 heterocycles. The Morgan fingerprint density at radius 3 is 2.42 bits per heavy atom. The molecular formula is C11H20O. The predicted octanol–water partition coefficient (Wildman–Crippen LogP) is 3.95. The molecule has 1 heteroatoms. The van der Waals surface area contributed by atoms with Gasteiger partial charge in [-0.05, 0) is 24.8 Å². The number of allylic oxidation sites excluding steroid dienone is 2. The highest BCUT2D eigenvalue weighted by atomic mass is 16.3. The van der Waals surface area contributed by atoms with Gasteiger partial charge in [0.1, 0.15) is 0 Å². The summed E-state index contributed by atoms with van der Waals surface area (Å²) in [6.07, 6.45) is 9.67. The van der Waals surface area contributed by atoms with Crippen molar-refractivity contribution in [3.8, 4) is 0 Å². The molecule has 0 saturated heterocycles. The second-order valence-electron chi connectivity index (χ2n) is 3.71. The number of aliphatic hydroxyl groups is 1. The van der Waals surface area contributed by atoms with Gasteiger partial charge >= 0.3 is 0 Å². The number of hydrogen-bond acceptors (Lipinski definition) is 1. The van der Waals surface area contributed by atoms with E-state index in [4.69, 9.17) is 0 Å². The Labute approximate surface area is 75.5 Å². The average Bonchev–Trinajstić information content (AvgIpc) is 2.86. The van der Waals surface area contributed by atoms with Crippen LogP contribution in [0.5, 0.6) is 0 Å². The summed E-state index contributed by atoms with van der Waals surface area (Å²) >= 11 is 0. The van der Waals surface area contributed by atoms with Crippen molar-refractivity contribution in [2.24, 2.45) is 0 Å². The van der Waals surface area contributed by atoms with Crippen LogP contribution in [0.2, 0.25) is 0 Å². The Bertz CT molecular complexity index is 152. The molecule has 0 spiro atoms. The lowest BCUT2D eigenvalue weighted by Crippen LogP contribution is -1.83. The van der Waals surface area contributed by atoms with Gasteiger partial charge in [0.25, 0.3) is 0 Å². The smallest absolute Gasteiger partial charge is 0.0914 e. The minimum atomic E-state index is 0.700. The van der Waals surface area contributed by atoms with E-state index in [9.17, 15) is 5.11 Å². The predicted molar refractivity (Wildman–Crippen MR) is 52.3 cm³/mol. The number of aliphatic hydroxyl groups excluding tert-OH is 1. The van der Waals surface area contributed by atoms with Gasteiger partial charge in [-0.3, -0.25) is 0 Å². The summed E-state index contributed by atoms with van der Waals surface area (Å²) < 4.78 is 0. The topological polar surface area (TPSA) is 20.2 Å². The lowest BCUT2D eigenvalue weighted by molar-refractivity contribution is 0.377. The molecule has 0 amide bonds. The molecule has 0 atom stereocenters. The highest BCUT2D eigenvalue weighted by Crippen LogP contribution is 2.32. The van der Waals surface area contributed by atoms with Crippen LogP contribution in [0.15, 0.2) is 11.3 Å². The third-order valence-electron chi connectivity index (χ3n) is 2.43. The summed E-state index contributed by atoms with van der Waals surface area (Å²) in [5, 5.41) is 9.43. The van der Waals surface area contributed by atoms with Gasteiger partial charge in [0.15, 0.2) is 0 Å². The third-order valence-corrected chi connectivity index (χ3v) is 2.43. The fourth-order valence-corrected chi connectivity index (χ4v) is 1.42. The molecular weight excluding hydrogens is 148 g/mol. The zero-order valence-electron chi connectivity index (χ0n) is 8.10. The van der Waals surface area contributed by atoms with Crippen LogP contribution < -0.4 is 0 Å². The lowest BCUT2D eigenvalue weighted by Gasteiger charge is -1.99. The first kappa shape index (κ1) is 9.63. The zero-order valence-corrected chi connectivity index (χ0v) is 8.10. The number of rotatable bonds is 6. The van der Waals surface area contributed by atoms with Gasteiger partial charge in [-0.25, -0.2) is 0 Å². The minimum Gasteiger partial charge on any atom is -0.512 e. The normalized spacial score (nSPS) is 14.9. The van der Waals surface area contributed by atoms with Gasteiger partial charge in [-0.1, -0.05) is 32.6 Å². The highest BCUT2D eigenvalue weighted by Gasteiger charge is 2.16. The zero-order chi connectivity index (χ0) is 8.81. The van der Waals surface area contributed by atoms with Crippen LogP contribution in [0.3, 0.4) is 0 Å². The maximum absolute atomic E-state index is 9.43. The Morgan fingerprint density at radius 2 is 1.83 bits per heavy atom. The Hall–Kier alpha value is -0.460. The monoisotopic (exact) mass is 168 g/mol. The van der Waals surface area contributed by atoms with Gasteiger partial charge in [-0.2, -0.15) is 0 Å². The summed E-state index contributed by atoms with van der Waals surface area (Å²) in [7, 11) is 0. The van der Waals surface area contributed by atoms with E-state index < -0.39 is 0 Å². The van der Waals surface area contributed by atoms with E-state index >= 15 is 0 Å². The molecule has 0 aromatic carbocycles. The SMILES string of the molecule is CCCCCCCC(O)=C1CC1. The molecule has 1 fully saturated rings. The molecule has 1 rings (SSSR count). The highest BCUT2D eigenvalue weighted by molar-refractivity contribution is 5.20. The van der Waals surface area contributed by atoms with E-state index in [2.05, 4.69) is 6.92 Å². The molecule has 1 aliphatic carbocycles. The van der Waals surface area contributed by atoms with Crippen LogP contribution in [-0.4, -0.2) is 5.11 Å². The van der Waals surface area contributed by atoms with E-state index in [1.54, 1.807) is 0 Å². The Balaban J connectivity index is 1.92. The summed E-state index contributed by atoms with van der Waals surface area (Å²) in [4.78, 5) is 0. The Morgan fingerprint density at radius 1 is 1.17 bits per heavy atom. The van der Waals surface area contributed by atoms with E-state index in [1.165, 1.54) is 37.7 Å². The van der Waals surface area contributed by atoms with Crippen LogP contribution >= 0.6 is 0 Å². The van der Waals surface area contributed by atoms with Crippen molar-refractivity contribution >= 4 is 0 Å². The van der Waals surface area contributed by atoms with Crippen LogP contribution in [0, 0.1) is 0 Å². The quantitative estimate of drug-likeness (QED) is 0.470. The molecule has 0 aromatic rings. The van der Waals surface area contributed by atoms with Crippen LogP contribution in [0.25, 0.3) is 0 Å². The summed E-state index contributed by atoms with van der Waals surface area (Å²) in [5.74, 6) is 0.700. The van der Waals surface area contributed by atoms with Crippen molar-refractivity contribution < 1.29 is 5.11 Å². The van der Waals surface area contributed by atoms with Crippen molar-refractivity contribution in [1.82, 2.24) is 0 Å². The average molecular weight is 168 g/mol. The molecule has 0 radical (unpaired) electrons. The molecule has 1 aliphatic rings. The summed E-state index contributed by atoms with van der Waals surface area (Å²) in [6, 6.07) is 0. The third kappa shape index (κ3) is 3.80. The van der Waals surface area contributed by atoms with Crippen molar-refractivity contribution in [3.63, 3.8) is 0 Å². The fraction of sp³-hybridized carbons (Fsp3) is 0.818. The molecule has 1 N–H and O–H groups in total. The van der Waals surface area contributed by atoms with Gasteiger partial charge in [-0.15, -0.1) is 0 Å². The Kier molecular flexibility index (Phi) is 4.20. The summed E-state index contributed by atoms with van der Waals surface area (Å²) in [6.45, 7) is 2.23. The van der Waals surface area contributed by atoms with Crippen LogP contribution in [-0.2, 0) is 0 Å². The molecule has 70 valence electrons. The van der Waals surface area contributed by atoms with E-state index in [1.807, 2.05) is 0 Å². The molecule has 0 unspecified atom stereocenters. The first-order valence-corrected chi connectivity index (χ1v) is 5.24. The molecule has 0 bridgehead atoms. The molecule has 1 saturated carbocycles. The van der Waals surface area contributed by atoms with E-state index in [-0.39, 0.29) is 0 Å². The molecule has 0 aliphatic heterocycles. The molecule has 0 aromatic heterocycles. The standard InChI is InChI=1S/C11H20O/c1-2-3-4-5-6-7-11(12)10-8-9-10/h12H,2-9H2,1H3. The largest absolute Gasteiger partial charge is 0.512 e. The minimum absolute atomic E-state index is 0.700. The molecule has 1 nitrogen and oxygen atoms in total. The second kappa shape index (κ2) is 5.23.